The Labute approximate surface area is 335 Å². The lowest BCUT2D eigenvalue weighted by Crippen LogP contribution is -2.04. The van der Waals surface area contributed by atoms with Gasteiger partial charge in [0.05, 0.1) is 26.6 Å². The van der Waals surface area contributed by atoms with Gasteiger partial charge in [-0.1, -0.05) is 83.1 Å². The maximum absolute atomic E-state index is 6.21. The summed E-state index contributed by atoms with van der Waals surface area (Å²) in [6.07, 6.45) is 3.05. The lowest BCUT2D eigenvalue weighted by Gasteiger charge is -2.18. The summed E-state index contributed by atoms with van der Waals surface area (Å²) in [6, 6.07) is 27.1. The highest BCUT2D eigenvalue weighted by Crippen LogP contribution is 2.39. The second-order valence-corrected chi connectivity index (χ2v) is 13.3. The van der Waals surface area contributed by atoms with E-state index < -0.39 is 0 Å². The highest BCUT2D eigenvalue weighted by atomic mass is 35.5. The van der Waals surface area contributed by atoms with Crippen molar-refractivity contribution in [3.8, 4) is 34.5 Å². The number of para-hydroxylation sites is 2. The number of aryl methyl sites for hydroxylation is 2. The summed E-state index contributed by atoms with van der Waals surface area (Å²) in [5.74, 6) is 5.31. The molecule has 0 radical (unpaired) electrons. The van der Waals surface area contributed by atoms with Gasteiger partial charge < -0.3 is 41.5 Å². The zero-order valence-electron chi connectivity index (χ0n) is 32.4. The average Bonchev–Trinajstić information content (AvgIpc) is 3.15. The Morgan fingerprint density at radius 1 is 0.589 bits per heavy atom. The first-order chi connectivity index (χ1) is 26.3. The number of halogens is 1. The SMILES string of the molecule is C.COc1cc(C(C)C)c(Oc2cnc(N)nc2Cl)cc1C.COc1cc(C(C)C)c(Oc2cnc(N)nc2Nc2ccccc2)cc1C.Nc1ccccc1. The standard InChI is InChI=1S/C21H24N4O2.C15H18ClN3O2.C6H7N.CH4/c1-13(2)16-11-17(26-4)14(3)10-18(16)27-19-12-23-21(22)25-20(19)24-15-8-6-5-7-9-15;1-8(2)10-6-11(20-4)9(3)5-12(10)21-13-7-18-15(17)19-14(13)16;7-6-4-2-1-3-5-6;/h5-13H,1-4H3,(H3,22,23,24,25);5-8H,1-4H3,(H2,17,18,19);1-5H,7H2;1H4. The first-order valence-electron chi connectivity index (χ1n) is 17.5. The molecular weight excluding hydrogens is 728 g/mol. The molecular formula is C43H53ClN8O4. The van der Waals surface area contributed by atoms with Crippen molar-refractivity contribution < 1.29 is 18.9 Å². The Kier molecular flexibility index (Phi) is 16.5. The monoisotopic (exact) mass is 780 g/mol. The number of anilines is 5. The van der Waals surface area contributed by atoms with E-state index in [1.807, 2.05) is 98.8 Å². The van der Waals surface area contributed by atoms with Crippen LogP contribution in [0, 0.1) is 13.8 Å². The van der Waals surface area contributed by atoms with Crippen molar-refractivity contribution in [1.82, 2.24) is 19.9 Å². The van der Waals surface area contributed by atoms with Crippen LogP contribution in [0.1, 0.15) is 69.2 Å². The Morgan fingerprint density at radius 2 is 1.04 bits per heavy atom. The van der Waals surface area contributed by atoms with Crippen LogP contribution in [-0.2, 0) is 0 Å². The number of methoxy groups -OCH3 is 2. The van der Waals surface area contributed by atoms with Gasteiger partial charge in [0.15, 0.2) is 22.5 Å². The molecule has 6 aromatic rings. The van der Waals surface area contributed by atoms with Gasteiger partial charge in [-0.25, -0.2) is 9.97 Å². The highest BCUT2D eigenvalue weighted by molar-refractivity contribution is 6.30. The van der Waals surface area contributed by atoms with Crippen LogP contribution in [0.15, 0.2) is 97.3 Å². The van der Waals surface area contributed by atoms with Crippen molar-refractivity contribution in [1.29, 1.82) is 0 Å². The number of hydrogen-bond acceptors (Lipinski definition) is 12. The minimum atomic E-state index is 0. The van der Waals surface area contributed by atoms with Gasteiger partial charge in [0.2, 0.25) is 11.9 Å². The van der Waals surface area contributed by atoms with E-state index in [9.17, 15) is 0 Å². The fraction of sp³-hybridized carbons (Fsp3) is 0.256. The summed E-state index contributed by atoms with van der Waals surface area (Å²) in [4.78, 5) is 16.2. The topological polar surface area (TPSA) is 179 Å². The lowest BCUT2D eigenvalue weighted by atomic mass is 10.00. The van der Waals surface area contributed by atoms with Crippen molar-refractivity contribution in [2.24, 2.45) is 0 Å². The predicted molar refractivity (Wildman–Crippen MR) is 229 cm³/mol. The molecule has 2 heterocycles. The van der Waals surface area contributed by atoms with Crippen LogP contribution in [-0.4, -0.2) is 34.2 Å². The first-order valence-corrected chi connectivity index (χ1v) is 17.9. The molecule has 0 unspecified atom stereocenters. The van der Waals surface area contributed by atoms with Gasteiger partial charge >= 0.3 is 0 Å². The normalized spacial score (nSPS) is 10.3. The van der Waals surface area contributed by atoms with Crippen LogP contribution in [0.25, 0.3) is 0 Å². The number of benzene rings is 4. The number of nitrogens with one attached hydrogen (secondary N) is 1. The maximum atomic E-state index is 6.21. The second-order valence-electron chi connectivity index (χ2n) is 13.0. The van der Waals surface area contributed by atoms with E-state index in [0.717, 1.165) is 50.9 Å². The molecule has 0 amide bonds. The molecule has 12 nitrogen and oxygen atoms in total. The Hall–Kier alpha value is -6.27. The van der Waals surface area contributed by atoms with E-state index in [1.165, 1.54) is 6.20 Å². The van der Waals surface area contributed by atoms with Crippen LogP contribution in [0.2, 0.25) is 5.15 Å². The van der Waals surface area contributed by atoms with Crippen molar-refractivity contribution >= 4 is 40.7 Å². The van der Waals surface area contributed by atoms with Crippen LogP contribution >= 0.6 is 11.6 Å². The van der Waals surface area contributed by atoms with Gasteiger partial charge in [-0.2, -0.15) is 9.97 Å². The van der Waals surface area contributed by atoms with Crippen LogP contribution in [0.5, 0.6) is 34.5 Å². The summed E-state index contributed by atoms with van der Waals surface area (Å²) in [5.41, 5.74) is 22.4. The van der Waals surface area contributed by atoms with Gasteiger partial charge in [0.25, 0.3) is 0 Å². The third kappa shape index (κ3) is 12.4. The third-order valence-corrected chi connectivity index (χ3v) is 8.35. The summed E-state index contributed by atoms with van der Waals surface area (Å²) in [7, 11) is 3.32. The predicted octanol–water partition coefficient (Wildman–Crippen LogP) is 10.9. The molecule has 0 aliphatic carbocycles. The van der Waals surface area contributed by atoms with Crippen LogP contribution in [0.4, 0.5) is 29.1 Å². The summed E-state index contributed by atoms with van der Waals surface area (Å²) in [5, 5.41) is 3.42. The van der Waals surface area contributed by atoms with E-state index in [1.54, 1.807) is 20.4 Å². The van der Waals surface area contributed by atoms with Crippen molar-refractivity contribution in [3.05, 3.63) is 125 Å². The molecule has 6 rings (SSSR count). The molecule has 13 heteroatoms. The second kappa shape index (κ2) is 21.0. The first kappa shape index (κ1) is 44.1. The molecule has 0 spiro atoms. The molecule has 7 N–H and O–H groups in total. The van der Waals surface area contributed by atoms with E-state index in [0.29, 0.717) is 23.1 Å². The molecule has 0 fully saturated rings. The van der Waals surface area contributed by atoms with Gasteiger partial charge in [0.1, 0.15) is 23.0 Å². The molecule has 0 bridgehead atoms. The van der Waals surface area contributed by atoms with Crippen LogP contribution in [0.3, 0.4) is 0 Å². The molecule has 0 atom stereocenters. The molecule has 0 saturated heterocycles. The Bertz CT molecular complexity index is 2150. The Morgan fingerprint density at radius 3 is 1.46 bits per heavy atom. The number of nitrogens with zero attached hydrogens (tertiary/aromatic N) is 4. The van der Waals surface area contributed by atoms with Crippen molar-refractivity contribution in [3.63, 3.8) is 0 Å². The highest BCUT2D eigenvalue weighted by Gasteiger charge is 2.17. The fourth-order valence-electron chi connectivity index (χ4n) is 5.20. The number of aromatic nitrogens is 4. The summed E-state index contributed by atoms with van der Waals surface area (Å²) >= 11 is 6.03. The number of nitrogens with two attached hydrogens (primary N) is 3. The molecule has 0 aliphatic heterocycles. The lowest BCUT2D eigenvalue weighted by molar-refractivity contribution is 0.407. The average molecular weight is 781 g/mol. The molecule has 56 heavy (non-hydrogen) atoms. The van der Waals surface area contributed by atoms with Gasteiger partial charge in [-0.05, 0) is 85.3 Å². The quantitative estimate of drug-likeness (QED) is 0.0764. The van der Waals surface area contributed by atoms with Gasteiger partial charge in [0, 0.05) is 22.5 Å². The van der Waals surface area contributed by atoms with E-state index in [2.05, 4.69) is 52.9 Å². The Balaban J connectivity index is 0.000000257. The number of ether oxygens (including phenoxy) is 4. The number of nitrogen functional groups attached to an aromatic ring is 3. The number of rotatable bonds is 10. The van der Waals surface area contributed by atoms with E-state index in [-0.39, 0.29) is 36.3 Å². The van der Waals surface area contributed by atoms with Crippen molar-refractivity contribution in [2.75, 3.05) is 36.7 Å². The number of hydrogen-bond donors (Lipinski definition) is 4. The van der Waals surface area contributed by atoms with Gasteiger partial charge in [-0.15, -0.1) is 0 Å². The summed E-state index contributed by atoms with van der Waals surface area (Å²) in [6.45, 7) is 12.3. The maximum Gasteiger partial charge on any atom is 0.222 e. The van der Waals surface area contributed by atoms with E-state index >= 15 is 0 Å². The zero-order chi connectivity index (χ0) is 40.1. The van der Waals surface area contributed by atoms with E-state index in [4.69, 9.17) is 47.7 Å². The van der Waals surface area contributed by atoms with Crippen molar-refractivity contribution in [2.45, 2.75) is 60.8 Å². The molecule has 0 saturated carbocycles. The molecule has 4 aromatic carbocycles. The smallest absolute Gasteiger partial charge is 0.222 e. The zero-order valence-corrected chi connectivity index (χ0v) is 33.2. The minimum Gasteiger partial charge on any atom is -0.496 e. The summed E-state index contributed by atoms with van der Waals surface area (Å²) < 4.78 is 22.9. The van der Waals surface area contributed by atoms with Crippen LogP contribution < -0.4 is 41.5 Å². The molecule has 296 valence electrons. The minimum absolute atomic E-state index is 0. The largest absolute Gasteiger partial charge is 0.496 e. The van der Waals surface area contributed by atoms with Gasteiger partial charge in [-0.3, -0.25) is 0 Å². The third-order valence-electron chi connectivity index (χ3n) is 8.08. The molecule has 0 aliphatic rings. The fourth-order valence-corrected chi connectivity index (χ4v) is 5.38. The molecule has 2 aromatic heterocycles.